The summed E-state index contributed by atoms with van der Waals surface area (Å²) in [6, 6.07) is 4.21. The van der Waals surface area contributed by atoms with Gasteiger partial charge in [-0.2, -0.15) is 0 Å². The third-order valence-corrected chi connectivity index (χ3v) is 1.33. The van der Waals surface area contributed by atoms with Crippen molar-refractivity contribution in [1.29, 1.82) is 0 Å². The van der Waals surface area contributed by atoms with Gasteiger partial charge >= 0.3 is 12.5 Å². The number of carbonyl (C=O) groups is 1. The average molecular weight is 220 g/mol. The maximum atomic E-state index is 11.7. The lowest BCUT2D eigenvalue weighted by Crippen LogP contribution is -2.17. The van der Waals surface area contributed by atoms with E-state index in [4.69, 9.17) is 0 Å². The predicted octanol–water partition coefficient (Wildman–Crippen LogP) is 2.55. The number of nitrogens with one attached hydrogen (secondary N) is 1. The van der Waals surface area contributed by atoms with E-state index >= 15 is 0 Å². The molecule has 0 fully saturated rings. The summed E-state index contributed by atoms with van der Waals surface area (Å²) in [4.78, 5) is 10.0. The van der Waals surface area contributed by atoms with Gasteiger partial charge in [0.1, 0.15) is 5.75 Å². The third kappa shape index (κ3) is 4.21. The van der Waals surface area contributed by atoms with E-state index in [1.807, 2.05) is 5.32 Å². The smallest absolute Gasteiger partial charge is 0.406 e. The largest absolute Gasteiger partial charge is 0.573 e. The van der Waals surface area contributed by atoms with Gasteiger partial charge in [0.25, 0.3) is 0 Å². The molecule has 1 N–H and O–H groups in total. The minimum atomic E-state index is -4.76. The molecule has 0 bridgehead atoms. The molecular weight excluding hydrogens is 215 g/mol. The Kier molecular flexibility index (Phi) is 3.03. The van der Waals surface area contributed by atoms with Crippen LogP contribution in [0.3, 0.4) is 0 Å². The molecule has 4 nitrogen and oxygen atoms in total. The SMILES string of the molecule is [O]C(=O)Nc1ccc(OC(F)(F)F)cc1. The molecule has 0 spiro atoms. The van der Waals surface area contributed by atoms with Crippen molar-refractivity contribution < 1.29 is 27.8 Å². The number of carbonyl (C=O) groups excluding carboxylic acids is 1. The molecule has 1 aromatic carbocycles. The maximum absolute atomic E-state index is 11.7. The second kappa shape index (κ2) is 4.07. The second-order valence-electron chi connectivity index (χ2n) is 2.48. The molecular formula is C8H5F3NO3. The van der Waals surface area contributed by atoms with Gasteiger partial charge in [0.15, 0.2) is 0 Å². The van der Waals surface area contributed by atoms with Crippen molar-refractivity contribution in [3.05, 3.63) is 24.3 Å². The van der Waals surface area contributed by atoms with E-state index < -0.39 is 18.2 Å². The quantitative estimate of drug-likeness (QED) is 0.832. The number of alkyl halides is 3. The van der Waals surface area contributed by atoms with Crippen LogP contribution >= 0.6 is 0 Å². The Hall–Kier alpha value is -1.92. The molecule has 15 heavy (non-hydrogen) atoms. The zero-order chi connectivity index (χ0) is 11.5. The molecule has 1 rings (SSSR count). The molecule has 1 amide bonds. The molecule has 0 saturated carbocycles. The van der Waals surface area contributed by atoms with Crippen LogP contribution in [0.15, 0.2) is 24.3 Å². The van der Waals surface area contributed by atoms with Gasteiger partial charge in [-0.05, 0) is 24.3 Å². The Labute approximate surface area is 82.3 Å². The number of rotatable bonds is 2. The molecule has 0 aliphatic carbocycles. The summed E-state index contributed by atoms with van der Waals surface area (Å²) < 4.78 is 38.7. The highest BCUT2D eigenvalue weighted by atomic mass is 19.4. The van der Waals surface area contributed by atoms with E-state index in [0.29, 0.717) is 0 Å². The molecule has 81 valence electrons. The monoisotopic (exact) mass is 220 g/mol. The summed E-state index contributed by atoms with van der Waals surface area (Å²) >= 11 is 0. The number of hydrogen-bond acceptors (Lipinski definition) is 2. The van der Waals surface area contributed by atoms with Gasteiger partial charge < -0.3 is 4.74 Å². The summed E-state index contributed by atoms with van der Waals surface area (Å²) in [7, 11) is 0. The highest BCUT2D eigenvalue weighted by Gasteiger charge is 2.30. The van der Waals surface area contributed by atoms with Crippen molar-refractivity contribution in [3.63, 3.8) is 0 Å². The second-order valence-corrected chi connectivity index (χ2v) is 2.48. The predicted molar refractivity (Wildman–Crippen MR) is 42.8 cm³/mol. The molecule has 0 atom stereocenters. The van der Waals surface area contributed by atoms with E-state index in [0.717, 1.165) is 24.3 Å². The Bertz CT molecular complexity index is 347. The van der Waals surface area contributed by atoms with Crippen molar-refractivity contribution in [1.82, 2.24) is 0 Å². The Morgan fingerprint density at radius 1 is 1.20 bits per heavy atom. The Balaban J connectivity index is 2.68. The van der Waals surface area contributed by atoms with E-state index in [-0.39, 0.29) is 5.69 Å². The van der Waals surface area contributed by atoms with Crippen LogP contribution < -0.4 is 10.1 Å². The molecule has 0 aromatic heterocycles. The highest BCUT2D eigenvalue weighted by Crippen LogP contribution is 2.23. The Morgan fingerprint density at radius 3 is 2.13 bits per heavy atom. The van der Waals surface area contributed by atoms with E-state index in [1.165, 1.54) is 0 Å². The standard InChI is InChI=1S/C8H5F3NO3/c9-8(10,11)15-6-3-1-5(2-4-6)12-7(13)14/h1-4,12H. The summed E-state index contributed by atoms with van der Waals surface area (Å²) in [5, 5.41) is 11.9. The normalized spacial score (nSPS) is 10.9. The summed E-state index contributed by atoms with van der Waals surface area (Å²) in [5.74, 6) is -0.425. The number of anilines is 1. The van der Waals surface area contributed by atoms with Crippen LogP contribution in [-0.2, 0) is 5.11 Å². The zero-order valence-electron chi connectivity index (χ0n) is 7.17. The summed E-state index contributed by atoms with van der Waals surface area (Å²) in [6.45, 7) is 0. The zero-order valence-corrected chi connectivity index (χ0v) is 7.17. The van der Waals surface area contributed by atoms with Crippen molar-refractivity contribution in [2.24, 2.45) is 0 Å². The Morgan fingerprint density at radius 2 is 1.73 bits per heavy atom. The summed E-state index contributed by atoms with van der Waals surface area (Å²) in [6.07, 6.45) is -6.30. The minimum Gasteiger partial charge on any atom is -0.406 e. The van der Waals surface area contributed by atoms with Crippen LogP contribution in [0.1, 0.15) is 0 Å². The lowest BCUT2D eigenvalue weighted by Gasteiger charge is -2.08. The lowest BCUT2D eigenvalue weighted by atomic mass is 10.3. The molecule has 7 heteroatoms. The van der Waals surface area contributed by atoms with Crippen LogP contribution in [0.4, 0.5) is 23.7 Å². The van der Waals surface area contributed by atoms with Gasteiger partial charge in [0, 0.05) is 5.69 Å². The van der Waals surface area contributed by atoms with Gasteiger partial charge in [-0.1, -0.05) is 0 Å². The van der Waals surface area contributed by atoms with Gasteiger partial charge in [0.2, 0.25) is 0 Å². The van der Waals surface area contributed by atoms with E-state index in [1.54, 1.807) is 0 Å². The maximum Gasteiger partial charge on any atom is 0.573 e. The topological polar surface area (TPSA) is 58.2 Å². The van der Waals surface area contributed by atoms with Crippen LogP contribution in [0.25, 0.3) is 0 Å². The van der Waals surface area contributed by atoms with Gasteiger partial charge in [-0.3, -0.25) is 5.32 Å². The van der Waals surface area contributed by atoms with Crippen molar-refractivity contribution in [2.45, 2.75) is 6.36 Å². The summed E-state index contributed by atoms with van der Waals surface area (Å²) in [5.41, 5.74) is 0.101. The van der Waals surface area contributed by atoms with Crippen molar-refractivity contribution in [3.8, 4) is 5.75 Å². The number of hydrogen-bond donors (Lipinski definition) is 1. The van der Waals surface area contributed by atoms with Crippen LogP contribution in [0.5, 0.6) is 5.75 Å². The average Bonchev–Trinajstić information content (AvgIpc) is 2.05. The van der Waals surface area contributed by atoms with Crippen molar-refractivity contribution in [2.75, 3.05) is 5.32 Å². The molecule has 0 aliphatic rings. The van der Waals surface area contributed by atoms with E-state index in [9.17, 15) is 23.1 Å². The molecule has 0 heterocycles. The molecule has 0 unspecified atom stereocenters. The lowest BCUT2D eigenvalue weighted by molar-refractivity contribution is -0.274. The molecule has 0 saturated heterocycles. The molecule has 1 aromatic rings. The van der Waals surface area contributed by atoms with Crippen molar-refractivity contribution >= 4 is 11.8 Å². The molecule has 1 radical (unpaired) electrons. The first-order chi connectivity index (χ1) is 6.87. The van der Waals surface area contributed by atoms with E-state index in [2.05, 4.69) is 4.74 Å². The molecule has 0 aliphatic heterocycles. The number of benzene rings is 1. The van der Waals surface area contributed by atoms with Crippen LogP contribution in [-0.4, -0.2) is 12.5 Å². The van der Waals surface area contributed by atoms with Gasteiger partial charge in [0.05, 0.1) is 0 Å². The fourth-order valence-electron chi connectivity index (χ4n) is 0.858. The number of amides is 1. The fourth-order valence-corrected chi connectivity index (χ4v) is 0.858. The first-order valence-electron chi connectivity index (χ1n) is 3.70. The first-order valence-corrected chi connectivity index (χ1v) is 3.70. The van der Waals surface area contributed by atoms with Gasteiger partial charge in [-0.25, -0.2) is 9.90 Å². The fraction of sp³-hybridized carbons (Fsp3) is 0.125. The highest BCUT2D eigenvalue weighted by molar-refractivity contribution is 5.82. The number of halogens is 3. The van der Waals surface area contributed by atoms with Gasteiger partial charge in [-0.15, -0.1) is 13.2 Å². The first kappa shape index (κ1) is 11.2. The number of ether oxygens (including phenoxy) is 1. The minimum absolute atomic E-state index is 0.101. The van der Waals surface area contributed by atoms with Crippen LogP contribution in [0, 0.1) is 0 Å². The van der Waals surface area contributed by atoms with Crippen LogP contribution in [0.2, 0.25) is 0 Å². The third-order valence-electron chi connectivity index (χ3n) is 1.33.